The van der Waals surface area contributed by atoms with Crippen molar-refractivity contribution >= 4 is 39.8 Å². The van der Waals surface area contributed by atoms with Crippen LogP contribution in [0, 0.1) is 0 Å². The Labute approximate surface area is 190 Å². The largest absolute Gasteiger partial charge is 0.329 e. The predicted octanol–water partition coefficient (Wildman–Crippen LogP) is 5.45. The molecule has 0 atom stereocenters. The average molecular weight is 444 g/mol. The van der Waals surface area contributed by atoms with Gasteiger partial charge in [-0.25, -0.2) is 0 Å². The van der Waals surface area contributed by atoms with Gasteiger partial charge < -0.3 is 4.90 Å². The number of nitrogens with zero attached hydrogens (tertiary/aromatic N) is 7. The summed E-state index contributed by atoms with van der Waals surface area (Å²) in [4.78, 5) is 6.79. The third kappa shape index (κ3) is 3.54. The minimum Gasteiger partial charge on any atom is -0.329 e. The molecule has 160 valence electrons. The van der Waals surface area contributed by atoms with Crippen LogP contribution >= 0.6 is 11.6 Å². The Bertz CT molecular complexity index is 1440. The molecule has 0 aliphatic heterocycles. The Morgan fingerprint density at radius 1 is 0.938 bits per heavy atom. The monoisotopic (exact) mass is 443 g/mol. The molecule has 0 aliphatic carbocycles. The van der Waals surface area contributed by atoms with E-state index in [4.69, 9.17) is 16.6 Å². The van der Waals surface area contributed by atoms with E-state index in [-0.39, 0.29) is 5.41 Å². The molecule has 0 amide bonds. The van der Waals surface area contributed by atoms with Crippen LogP contribution in [0.4, 0.5) is 11.5 Å². The topological polar surface area (TPSA) is 72.1 Å². The van der Waals surface area contributed by atoms with E-state index in [2.05, 4.69) is 47.2 Å². The van der Waals surface area contributed by atoms with Crippen LogP contribution in [0.15, 0.2) is 60.9 Å². The van der Waals surface area contributed by atoms with Gasteiger partial charge in [0.2, 0.25) is 0 Å². The van der Waals surface area contributed by atoms with Gasteiger partial charge in [0.25, 0.3) is 5.78 Å². The van der Waals surface area contributed by atoms with Gasteiger partial charge in [0.15, 0.2) is 0 Å². The highest BCUT2D eigenvalue weighted by Crippen LogP contribution is 2.33. The van der Waals surface area contributed by atoms with E-state index in [1.54, 1.807) is 6.33 Å². The maximum atomic E-state index is 6.26. The van der Waals surface area contributed by atoms with Crippen molar-refractivity contribution in [2.24, 2.45) is 0 Å². The maximum Gasteiger partial charge on any atom is 0.257 e. The lowest BCUT2D eigenvalue weighted by atomic mass is 9.92. The summed E-state index contributed by atoms with van der Waals surface area (Å²) < 4.78 is 1.83. The lowest BCUT2D eigenvalue weighted by molar-refractivity contribution is 0.559. The summed E-state index contributed by atoms with van der Waals surface area (Å²) in [5.41, 5.74) is 4.60. The number of anilines is 2. The van der Waals surface area contributed by atoms with Crippen LogP contribution in [-0.2, 0) is 5.41 Å². The Morgan fingerprint density at radius 3 is 2.53 bits per heavy atom. The Morgan fingerprint density at radius 2 is 1.78 bits per heavy atom. The fourth-order valence-electron chi connectivity index (χ4n) is 3.66. The molecule has 0 bridgehead atoms. The second-order valence-corrected chi connectivity index (χ2v) is 9.20. The minimum atomic E-state index is -0.0381. The summed E-state index contributed by atoms with van der Waals surface area (Å²) >= 11 is 6.26. The molecular formula is C24H22ClN7. The fraction of sp³-hybridized carbons (Fsp3) is 0.208. The lowest BCUT2D eigenvalue weighted by Crippen LogP contribution is -2.14. The van der Waals surface area contributed by atoms with Crippen molar-refractivity contribution in [2.45, 2.75) is 26.2 Å². The molecule has 5 aromatic rings. The first-order chi connectivity index (χ1) is 15.3. The highest BCUT2D eigenvalue weighted by molar-refractivity contribution is 6.31. The molecular weight excluding hydrogens is 422 g/mol. The molecule has 3 aromatic heterocycles. The predicted molar refractivity (Wildman–Crippen MR) is 128 cm³/mol. The first-order valence-corrected chi connectivity index (χ1v) is 10.7. The molecule has 0 unspecified atom stereocenters. The second kappa shape index (κ2) is 7.53. The summed E-state index contributed by atoms with van der Waals surface area (Å²) in [5, 5.41) is 18.6. The van der Waals surface area contributed by atoms with Gasteiger partial charge in [-0.3, -0.25) is 4.40 Å². The molecule has 5 rings (SSSR count). The van der Waals surface area contributed by atoms with Gasteiger partial charge in [0, 0.05) is 34.1 Å². The highest BCUT2D eigenvalue weighted by atomic mass is 35.5. The summed E-state index contributed by atoms with van der Waals surface area (Å²) in [6, 6.07) is 17.9. The number of fused-ring (bicyclic) bond motifs is 3. The molecule has 8 heteroatoms. The van der Waals surface area contributed by atoms with Crippen LogP contribution in [0.25, 0.3) is 27.9 Å². The molecule has 32 heavy (non-hydrogen) atoms. The molecule has 0 spiro atoms. The van der Waals surface area contributed by atoms with Gasteiger partial charge in [0.05, 0.1) is 16.9 Å². The Hall–Kier alpha value is -3.58. The van der Waals surface area contributed by atoms with Crippen molar-refractivity contribution in [1.82, 2.24) is 29.8 Å². The number of aromatic nitrogens is 6. The van der Waals surface area contributed by atoms with Crippen molar-refractivity contribution in [3.63, 3.8) is 0 Å². The van der Waals surface area contributed by atoms with E-state index in [1.165, 1.54) is 0 Å². The summed E-state index contributed by atoms with van der Waals surface area (Å²) in [6.45, 7) is 6.38. The average Bonchev–Trinajstić information content (AvgIpc) is 3.26. The minimum absolute atomic E-state index is 0.0381. The molecule has 3 heterocycles. The van der Waals surface area contributed by atoms with E-state index in [9.17, 15) is 0 Å². The molecule has 2 aromatic carbocycles. The van der Waals surface area contributed by atoms with E-state index in [0.29, 0.717) is 10.8 Å². The maximum absolute atomic E-state index is 6.26. The van der Waals surface area contributed by atoms with Crippen molar-refractivity contribution in [1.29, 1.82) is 0 Å². The zero-order valence-electron chi connectivity index (χ0n) is 18.3. The van der Waals surface area contributed by atoms with Crippen LogP contribution in [0.1, 0.15) is 26.5 Å². The summed E-state index contributed by atoms with van der Waals surface area (Å²) in [5.74, 6) is 1.28. The third-order valence-corrected chi connectivity index (χ3v) is 5.71. The molecule has 0 N–H and O–H groups in total. The van der Waals surface area contributed by atoms with Gasteiger partial charge in [-0.1, -0.05) is 44.5 Å². The van der Waals surface area contributed by atoms with E-state index >= 15 is 0 Å². The number of benzene rings is 2. The highest BCUT2D eigenvalue weighted by Gasteiger charge is 2.17. The zero-order valence-corrected chi connectivity index (χ0v) is 19.0. The van der Waals surface area contributed by atoms with Crippen molar-refractivity contribution in [2.75, 3.05) is 11.9 Å². The summed E-state index contributed by atoms with van der Waals surface area (Å²) in [6.07, 6.45) is 1.64. The van der Waals surface area contributed by atoms with Gasteiger partial charge in [-0.05, 0) is 42.5 Å². The molecule has 0 saturated carbocycles. The van der Waals surface area contributed by atoms with Gasteiger partial charge in [0.1, 0.15) is 12.1 Å². The smallest absolute Gasteiger partial charge is 0.257 e. The quantitative estimate of drug-likeness (QED) is 0.369. The van der Waals surface area contributed by atoms with E-state index in [1.807, 2.05) is 64.9 Å². The Kier molecular flexibility index (Phi) is 4.78. The number of hydrogen-bond donors (Lipinski definition) is 0. The Balaban J connectivity index is 1.58. The fourth-order valence-corrected chi connectivity index (χ4v) is 3.83. The van der Waals surface area contributed by atoms with Crippen molar-refractivity contribution < 1.29 is 0 Å². The zero-order chi connectivity index (χ0) is 22.5. The van der Waals surface area contributed by atoms with Crippen LogP contribution in [0.3, 0.4) is 0 Å². The van der Waals surface area contributed by atoms with Crippen LogP contribution in [-0.4, -0.2) is 36.8 Å². The van der Waals surface area contributed by atoms with Gasteiger partial charge in [-0.2, -0.15) is 15.2 Å². The molecule has 0 aliphatic rings. The third-order valence-electron chi connectivity index (χ3n) is 5.48. The molecule has 0 fully saturated rings. The molecule has 0 radical (unpaired) electrons. The number of rotatable bonds is 3. The summed E-state index contributed by atoms with van der Waals surface area (Å²) in [7, 11) is 1.98. The first kappa shape index (κ1) is 20.3. The lowest BCUT2D eigenvalue weighted by Gasteiger charge is -2.21. The number of hydrogen-bond acceptors (Lipinski definition) is 6. The standard InChI is InChI=1S/C24H22ClN7/c1-24(2,3)21-11-10-19(28-29-21)15-6-5-7-17(12-15)31(4)22-18-9-8-16(25)13-20(18)32-14-26-30-23(32)27-22/h5-14H,1-4H3. The van der Waals surface area contributed by atoms with Gasteiger partial charge in [-0.15, -0.1) is 10.2 Å². The van der Waals surface area contributed by atoms with E-state index < -0.39 is 0 Å². The van der Waals surface area contributed by atoms with Crippen molar-refractivity contribution in [3.8, 4) is 11.3 Å². The normalized spacial score (nSPS) is 11.9. The first-order valence-electron chi connectivity index (χ1n) is 10.3. The second-order valence-electron chi connectivity index (χ2n) is 8.76. The molecule has 7 nitrogen and oxygen atoms in total. The molecule has 0 saturated heterocycles. The van der Waals surface area contributed by atoms with Crippen LogP contribution in [0.2, 0.25) is 5.02 Å². The van der Waals surface area contributed by atoms with Crippen molar-refractivity contribution in [3.05, 3.63) is 71.6 Å². The van der Waals surface area contributed by atoms with E-state index in [0.717, 1.165) is 39.4 Å². The van der Waals surface area contributed by atoms with Gasteiger partial charge >= 0.3 is 0 Å². The SMILES string of the molecule is CN(c1cccc(-c2ccc(C(C)(C)C)nn2)c1)c1nc2nncn2c2cc(Cl)ccc12. The van der Waals surface area contributed by atoms with Crippen LogP contribution < -0.4 is 4.90 Å². The number of halogens is 1. The van der Waals surface area contributed by atoms with Crippen LogP contribution in [0.5, 0.6) is 0 Å².